The number of hydrogen-bond donors (Lipinski definition) is 1. The van der Waals surface area contributed by atoms with E-state index >= 15 is 0 Å². The zero-order valence-corrected chi connectivity index (χ0v) is 11.0. The van der Waals surface area contributed by atoms with Crippen molar-refractivity contribution in [1.29, 1.82) is 0 Å². The molecule has 0 bridgehead atoms. The molecule has 0 spiro atoms. The van der Waals surface area contributed by atoms with Gasteiger partial charge in [0.25, 0.3) is 0 Å². The summed E-state index contributed by atoms with van der Waals surface area (Å²) in [5.74, 6) is 0.724. The fourth-order valence-electron chi connectivity index (χ4n) is 2.76. The van der Waals surface area contributed by atoms with Crippen molar-refractivity contribution >= 4 is 0 Å². The molecule has 0 aromatic heterocycles. The second-order valence-electron chi connectivity index (χ2n) is 5.61. The fourth-order valence-corrected chi connectivity index (χ4v) is 2.76. The molecule has 2 atom stereocenters. The Morgan fingerprint density at radius 1 is 1.29 bits per heavy atom. The SMILES string of the molecule is CC(C)CC1C(N)CCN1Cc1ccccc1. The van der Waals surface area contributed by atoms with Gasteiger partial charge in [-0.3, -0.25) is 4.90 Å². The number of nitrogens with two attached hydrogens (primary N) is 1. The second-order valence-corrected chi connectivity index (χ2v) is 5.61. The van der Waals surface area contributed by atoms with E-state index in [1.54, 1.807) is 0 Å². The molecular weight excluding hydrogens is 208 g/mol. The lowest BCUT2D eigenvalue weighted by Crippen LogP contribution is -2.39. The van der Waals surface area contributed by atoms with Crippen LogP contribution in [0.2, 0.25) is 0 Å². The van der Waals surface area contributed by atoms with Crippen molar-refractivity contribution in [3.05, 3.63) is 35.9 Å². The second kappa shape index (κ2) is 5.65. The van der Waals surface area contributed by atoms with Gasteiger partial charge in [-0.1, -0.05) is 44.2 Å². The fraction of sp³-hybridized carbons (Fsp3) is 0.600. The first kappa shape index (κ1) is 12.6. The highest BCUT2D eigenvalue weighted by Crippen LogP contribution is 2.24. The van der Waals surface area contributed by atoms with Gasteiger partial charge in [-0.05, 0) is 24.3 Å². The molecular formula is C15H24N2. The topological polar surface area (TPSA) is 29.3 Å². The molecule has 2 N–H and O–H groups in total. The Morgan fingerprint density at radius 3 is 2.65 bits per heavy atom. The molecule has 1 aliphatic rings. The first-order chi connectivity index (χ1) is 8.16. The summed E-state index contributed by atoms with van der Waals surface area (Å²) in [6.07, 6.45) is 2.36. The van der Waals surface area contributed by atoms with Crippen molar-refractivity contribution < 1.29 is 0 Å². The molecule has 1 heterocycles. The van der Waals surface area contributed by atoms with Gasteiger partial charge in [0.05, 0.1) is 0 Å². The Kier molecular flexibility index (Phi) is 4.19. The molecule has 2 unspecified atom stereocenters. The van der Waals surface area contributed by atoms with E-state index in [2.05, 4.69) is 49.1 Å². The predicted octanol–water partition coefficient (Wildman–Crippen LogP) is 2.63. The van der Waals surface area contributed by atoms with E-state index in [1.807, 2.05) is 0 Å². The van der Waals surface area contributed by atoms with Crippen LogP contribution in [0, 0.1) is 5.92 Å². The molecule has 0 amide bonds. The molecule has 1 aromatic carbocycles. The van der Waals surface area contributed by atoms with Crippen molar-refractivity contribution in [2.75, 3.05) is 6.54 Å². The van der Waals surface area contributed by atoms with Gasteiger partial charge in [-0.15, -0.1) is 0 Å². The van der Waals surface area contributed by atoms with Crippen LogP contribution in [-0.2, 0) is 6.54 Å². The molecule has 0 aliphatic carbocycles. The molecule has 94 valence electrons. The summed E-state index contributed by atoms with van der Waals surface area (Å²) in [6.45, 7) is 6.76. The average molecular weight is 232 g/mol. The number of benzene rings is 1. The lowest BCUT2D eigenvalue weighted by molar-refractivity contribution is 0.208. The van der Waals surface area contributed by atoms with Gasteiger partial charge in [0, 0.05) is 25.2 Å². The molecule has 1 aromatic rings. The van der Waals surface area contributed by atoms with E-state index in [9.17, 15) is 0 Å². The lowest BCUT2D eigenvalue weighted by atomic mass is 9.98. The quantitative estimate of drug-likeness (QED) is 0.864. The normalized spacial score (nSPS) is 25.6. The van der Waals surface area contributed by atoms with E-state index < -0.39 is 0 Å². The third-order valence-electron chi connectivity index (χ3n) is 3.65. The van der Waals surface area contributed by atoms with Crippen LogP contribution >= 0.6 is 0 Å². The highest BCUT2D eigenvalue weighted by Gasteiger charge is 2.31. The van der Waals surface area contributed by atoms with Crippen LogP contribution in [-0.4, -0.2) is 23.5 Å². The molecule has 0 radical (unpaired) electrons. The summed E-state index contributed by atoms with van der Waals surface area (Å²) in [6, 6.07) is 11.6. The third kappa shape index (κ3) is 3.30. The minimum atomic E-state index is 0.362. The Balaban J connectivity index is 2.00. The van der Waals surface area contributed by atoms with E-state index in [4.69, 9.17) is 5.73 Å². The minimum Gasteiger partial charge on any atom is -0.326 e. The molecule has 1 fully saturated rings. The number of hydrogen-bond acceptors (Lipinski definition) is 2. The molecule has 0 saturated carbocycles. The van der Waals surface area contributed by atoms with Gasteiger partial charge >= 0.3 is 0 Å². The van der Waals surface area contributed by atoms with Gasteiger partial charge in [0.15, 0.2) is 0 Å². The zero-order valence-electron chi connectivity index (χ0n) is 11.0. The number of rotatable bonds is 4. The Morgan fingerprint density at radius 2 is 2.00 bits per heavy atom. The van der Waals surface area contributed by atoms with Crippen LogP contribution in [0.4, 0.5) is 0 Å². The summed E-state index contributed by atoms with van der Waals surface area (Å²) in [5.41, 5.74) is 7.63. The molecule has 17 heavy (non-hydrogen) atoms. The van der Waals surface area contributed by atoms with E-state index in [0.717, 1.165) is 25.4 Å². The maximum absolute atomic E-state index is 6.23. The van der Waals surface area contributed by atoms with Crippen LogP contribution < -0.4 is 5.73 Å². The van der Waals surface area contributed by atoms with E-state index in [-0.39, 0.29) is 0 Å². The zero-order chi connectivity index (χ0) is 12.3. The maximum Gasteiger partial charge on any atom is 0.0253 e. The van der Waals surface area contributed by atoms with Gasteiger partial charge in [-0.25, -0.2) is 0 Å². The first-order valence-electron chi connectivity index (χ1n) is 6.70. The highest BCUT2D eigenvalue weighted by molar-refractivity contribution is 5.15. The van der Waals surface area contributed by atoms with Crippen molar-refractivity contribution in [1.82, 2.24) is 4.90 Å². The van der Waals surface area contributed by atoms with Gasteiger partial charge in [0.1, 0.15) is 0 Å². The monoisotopic (exact) mass is 232 g/mol. The smallest absolute Gasteiger partial charge is 0.0253 e. The lowest BCUT2D eigenvalue weighted by Gasteiger charge is -2.28. The Labute approximate surface area is 105 Å². The summed E-state index contributed by atoms with van der Waals surface area (Å²) in [7, 11) is 0. The number of nitrogens with zero attached hydrogens (tertiary/aromatic N) is 1. The van der Waals surface area contributed by atoms with Crippen molar-refractivity contribution in [2.45, 2.75) is 45.3 Å². The molecule has 2 rings (SSSR count). The maximum atomic E-state index is 6.23. The van der Waals surface area contributed by atoms with Crippen LogP contribution in [0.5, 0.6) is 0 Å². The minimum absolute atomic E-state index is 0.362. The first-order valence-corrected chi connectivity index (χ1v) is 6.70. The summed E-state index contributed by atoms with van der Waals surface area (Å²) in [5, 5.41) is 0. The average Bonchev–Trinajstić information content (AvgIpc) is 2.62. The van der Waals surface area contributed by atoms with Crippen LogP contribution in [0.1, 0.15) is 32.3 Å². The largest absolute Gasteiger partial charge is 0.326 e. The third-order valence-corrected chi connectivity index (χ3v) is 3.65. The molecule has 2 heteroatoms. The highest BCUT2D eigenvalue weighted by atomic mass is 15.2. The van der Waals surface area contributed by atoms with E-state index in [1.165, 1.54) is 12.0 Å². The van der Waals surface area contributed by atoms with Crippen molar-refractivity contribution in [3.63, 3.8) is 0 Å². The van der Waals surface area contributed by atoms with Crippen molar-refractivity contribution in [3.8, 4) is 0 Å². The summed E-state index contributed by atoms with van der Waals surface area (Å²) < 4.78 is 0. The standard InChI is InChI=1S/C15H24N2/c1-12(2)10-15-14(16)8-9-17(15)11-13-6-4-3-5-7-13/h3-7,12,14-15H,8-11,16H2,1-2H3. The molecule has 2 nitrogen and oxygen atoms in total. The Bertz CT molecular complexity index is 334. The van der Waals surface area contributed by atoms with Crippen LogP contribution in [0.25, 0.3) is 0 Å². The Hall–Kier alpha value is -0.860. The van der Waals surface area contributed by atoms with Gasteiger partial charge in [0.2, 0.25) is 0 Å². The summed E-state index contributed by atoms with van der Waals surface area (Å²) in [4.78, 5) is 2.56. The predicted molar refractivity (Wildman–Crippen MR) is 72.7 cm³/mol. The van der Waals surface area contributed by atoms with E-state index in [0.29, 0.717) is 12.1 Å². The van der Waals surface area contributed by atoms with Crippen LogP contribution in [0.15, 0.2) is 30.3 Å². The molecule has 1 aliphatic heterocycles. The molecule has 1 saturated heterocycles. The number of likely N-dealkylation sites (tertiary alicyclic amines) is 1. The van der Waals surface area contributed by atoms with Gasteiger partial charge < -0.3 is 5.73 Å². The van der Waals surface area contributed by atoms with Gasteiger partial charge in [-0.2, -0.15) is 0 Å². The van der Waals surface area contributed by atoms with Crippen LogP contribution in [0.3, 0.4) is 0 Å². The van der Waals surface area contributed by atoms with Crippen molar-refractivity contribution in [2.24, 2.45) is 11.7 Å². The summed E-state index contributed by atoms with van der Waals surface area (Å²) >= 11 is 0.